The molecule has 0 aromatic heterocycles. The number of nitrogens with two attached hydrogens (primary N) is 1. The summed E-state index contributed by atoms with van der Waals surface area (Å²) in [6.45, 7) is 1.92. The fourth-order valence-corrected chi connectivity index (χ4v) is 3.59. The Morgan fingerprint density at radius 3 is 2.36 bits per heavy atom. The normalized spacial score (nSPS) is 18.6. The molecule has 2 aromatic carbocycles. The first-order valence-electron chi connectivity index (χ1n) is 9.07. The van der Waals surface area contributed by atoms with E-state index in [4.69, 9.17) is 15.2 Å². The summed E-state index contributed by atoms with van der Waals surface area (Å²) in [7, 11) is 3.16. The molecule has 1 aliphatic heterocycles. The van der Waals surface area contributed by atoms with Crippen molar-refractivity contribution < 1.29 is 19.1 Å². The van der Waals surface area contributed by atoms with Gasteiger partial charge >= 0.3 is 0 Å². The Labute approximate surface area is 164 Å². The van der Waals surface area contributed by atoms with Crippen LogP contribution in [-0.4, -0.2) is 32.1 Å². The lowest BCUT2D eigenvalue weighted by Gasteiger charge is -2.37. The Morgan fingerprint density at radius 1 is 1.11 bits per heavy atom. The van der Waals surface area contributed by atoms with Crippen LogP contribution in [0.3, 0.4) is 0 Å². The van der Waals surface area contributed by atoms with Gasteiger partial charge in [0.2, 0.25) is 5.91 Å². The molecule has 6 heteroatoms. The van der Waals surface area contributed by atoms with Gasteiger partial charge in [0, 0.05) is 23.9 Å². The van der Waals surface area contributed by atoms with Gasteiger partial charge in [-0.15, -0.1) is 0 Å². The average Bonchev–Trinajstić information content (AvgIpc) is 2.70. The number of carbonyl (C=O) groups excluding carboxylic acids is 2. The number of para-hydroxylation sites is 1. The second kappa shape index (κ2) is 8.17. The maximum Gasteiger partial charge on any atom is 0.251 e. The molecule has 2 amide bonds. The van der Waals surface area contributed by atoms with Crippen LogP contribution in [0.1, 0.15) is 30.4 Å². The molecule has 1 aliphatic rings. The highest BCUT2D eigenvalue weighted by Crippen LogP contribution is 2.38. The molecular weight excluding hydrogens is 356 g/mol. The van der Waals surface area contributed by atoms with E-state index >= 15 is 0 Å². The molecule has 0 saturated carbocycles. The third-order valence-corrected chi connectivity index (χ3v) is 4.96. The molecular formula is C22H24N2O4. The van der Waals surface area contributed by atoms with Crippen LogP contribution in [0.5, 0.6) is 11.5 Å². The second-order valence-electron chi connectivity index (χ2n) is 6.79. The third kappa shape index (κ3) is 3.86. The minimum atomic E-state index is -0.387. The van der Waals surface area contributed by atoms with E-state index in [1.165, 1.54) is 6.08 Å². The number of nitrogens with zero attached hydrogens (tertiary/aromatic N) is 1. The SMILES string of the molecule is COc1cc(/C=C/C(=O)N2c3ccccc3[C@@H](C(N)=O)C[C@H]2C)cc(OC)c1. The van der Waals surface area contributed by atoms with Crippen molar-refractivity contribution in [3.63, 3.8) is 0 Å². The number of primary amides is 1. The Balaban J connectivity index is 1.91. The molecule has 28 heavy (non-hydrogen) atoms. The van der Waals surface area contributed by atoms with E-state index in [0.717, 1.165) is 16.8 Å². The van der Waals surface area contributed by atoms with Gasteiger partial charge in [0.1, 0.15) is 11.5 Å². The van der Waals surface area contributed by atoms with Gasteiger partial charge in [-0.1, -0.05) is 18.2 Å². The molecule has 2 aromatic rings. The monoisotopic (exact) mass is 380 g/mol. The number of benzene rings is 2. The first-order chi connectivity index (χ1) is 13.4. The van der Waals surface area contributed by atoms with Crippen molar-refractivity contribution in [2.45, 2.75) is 25.3 Å². The molecule has 0 spiro atoms. The molecule has 2 N–H and O–H groups in total. The molecule has 1 heterocycles. The van der Waals surface area contributed by atoms with Gasteiger partial charge in [0.15, 0.2) is 0 Å². The smallest absolute Gasteiger partial charge is 0.251 e. The van der Waals surface area contributed by atoms with E-state index in [-0.39, 0.29) is 23.8 Å². The first-order valence-corrected chi connectivity index (χ1v) is 9.07. The molecule has 0 aliphatic carbocycles. The summed E-state index contributed by atoms with van der Waals surface area (Å²) < 4.78 is 10.5. The van der Waals surface area contributed by atoms with Crippen LogP contribution in [0.4, 0.5) is 5.69 Å². The van der Waals surface area contributed by atoms with Crippen LogP contribution < -0.4 is 20.1 Å². The largest absolute Gasteiger partial charge is 0.497 e. The van der Waals surface area contributed by atoms with Gasteiger partial charge in [-0.05, 0) is 48.7 Å². The van der Waals surface area contributed by atoms with Crippen molar-refractivity contribution in [3.05, 3.63) is 59.7 Å². The van der Waals surface area contributed by atoms with Crippen LogP contribution in [-0.2, 0) is 9.59 Å². The van der Waals surface area contributed by atoms with Gasteiger partial charge in [0.05, 0.1) is 20.1 Å². The quantitative estimate of drug-likeness (QED) is 0.808. The van der Waals surface area contributed by atoms with Crippen molar-refractivity contribution >= 4 is 23.6 Å². The van der Waals surface area contributed by atoms with E-state index in [1.54, 1.807) is 31.3 Å². The van der Waals surface area contributed by atoms with E-state index < -0.39 is 0 Å². The second-order valence-corrected chi connectivity index (χ2v) is 6.79. The summed E-state index contributed by atoms with van der Waals surface area (Å²) in [4.78, 5) is 26.6. The molecule has 0 radical (unpaired) electrons. The van der Waals surface area contributed by atoms with Gasteiger partial charge in [-0.3, -0.25) is 9.59 Å². The molecule has 0 unspecified atom stereocenters. The minimum absolute atomic E-state index is 0.149. The number of anilines is 1. The maximum absolute atomic E-state index is 13.0. The summed E-state index contributed by atoms with van der Waals surface area (Å²) in [5.74, 6) is 0.372. The first kappa shape index (κ1) is 19.5. The third-order valence-electron chi connectivity index (χ3n) is 4.96. The standard InChI is InChI=1S/C22H24N2O4/c1-14-10-19(22(23)26)18-6-4-5-7-20(18)24(14)21(25)9-8-15-11-16(27-2)13-17(12-15)28-3/h4-9,11-14,19H,10H2,1-3H3,(H2,23,26)/b9-8+/t14-,19+/m1/s1. The number of fused-ring (bicyclic) bond motifs is 1. The van der Waals surface area contributed by atoms with Crippen LogP contribution in [0.25, 0.3) is 6.08 Å². The van der Waals surface area contributed by atoms with Crippen LogP contribution in [0.15, 0.2) is 48.5 Å². The van der Waals surface area contributed by atoms with Crippen molar-refractivity contribution in [2.75, 3.05) is 19.1 Å². The number of carbonyl (C=O) groups is 2. The lowest BCUT2D eigenvalue weighted by atomic mass is 9.85. The van der Waals surface area contributed by atoms with Crippen molar-refractivity contribution in [2.24, 2.45) is 5.73 Å². The van der Waals surface area contributed by atoms with Crippen LogP contribution in [0.2, 0.25) is 0 Å². The van der Waals surface area contributed by atoms with Gasteiger partial charge < -0.3 is 20.1 Å². The molecule has 0 bridgehead atoms. The van der Waals surface area contributed by atoms with Gasteiger partial charge in [0.25, 0.3) is 5.91 Å². The van der Waals surface area contributed by atoms with Crippen LogP contribution >= 0.6 is 0 Å². The lowest BCUT2D eigenvalue weighted by Crippen LogP contribution is -2.44. The van der Waals surface area contributed by atoms with E-state index in [1.807, 2.05) is 43.3 Å². The zero-order valence-corrected chi connectivity index (χ0v) is 16.2. The predicted molar refractivity (Wildman–Crippen MR) is 109 cm³/mol. The predicted octanol–water partition coefficient (Wildman–Crippen LogP) is 3.11. The highest BCUT2D eigenvalue weighted by atomic mass is 16.5. The van der Waals surface area contributed by atoms with E-state index in [2.05, 4.69) is 0 Å². The highest BCUT2D eigenvalue weighted by Gasteiger charge is 2.35. The molecule has 2 atom stereocenters. The van der Waals surface area contributed by atoms with E-state index in [0.29, 0.717) is 17.9 Å². The molecule has 146 valence electrons. The topological polar surface area (TPSA) is 81.9 Å². The van der Waals surface area contributed by atoms with Gasteiger partial charge in [-0.25, -0.2) is 0 Å². The lowest BCUT2D eigenvalue weighted by molar-refractivity contribution is -0.120. The van der Waals surface area contributed by atoms with E-state index in [9.17, 15) is 9.59 Å². The number of hydrogen-bond acceptors (Lipinski definition) is 4. The summed E-state index contributed by atoms with van der Waals surface area (Å²) in [6.07, 6.45) is 3.74. The average molecular weight is 380 g/mol. The Morgan fingerprint density at radius 2 is 1.75 bits per heavy atom. The zero-order chi connectivity index (χ0) is 20.3. The summed E-state index contributed by atoms with van der Waals surface area (Å²) >= 11 is 0. The molecule has 0 saturated heterocycles. The van der Waals surface area contributed by atoms with Crippen LogP contribution in [0, 0.1) is 0 Å². The van der Waals surface area contributed by atoms with Crippen molar-refractivity contribution in [3.8, 4) is 11.5 Å². The number of rotatable bonds is 5. The maximum atomic E-state index is 13.0. The van der Waals surface area contributed by atoms with Crippen molar-refractivity contribution in [1.29, 1.82) is 0 Å². The van der Waals surface area contributed by atoms with Gasteiger partial charge in [-0.2, -0.15) is 0 Å². The minimum Gasteiger partial charge on any atom is -0.497 e. The number of hydrogen-bond donors (Lipinski definition) is 1. The fourth-order valence-electron chi connectivity index (χ4n) is 3.59. The molecule has 6 nitrogen and oxygen atoms in total. The summed E-state index contributed by atoms with van der Waals surface area (Å²) in [6, 6.07) is 12.7. The number of methoxy groups -OCH3 is 2. The zero-order valence-electron chi connectivity index (χ0n) is 16.2. The Bertz CT molecular complexity index is 900. The highest BCUT2D eigenvalue weighted by molar-refractivity contribution is 6.06. The summed E-state index contributed by atoms with van der Waals surface area (Å²) in [5.41, 5.74) is 7.88. The number of ether oxygens (including phenoxy) is 2. The van der Waals surface area contributed by atoms with Crippen molar-refractivity contribution in [1.82, 2.24) is 0 Å². The fraction of sp³-hybridized carbons (Fsp3) is 0.273. The Hall–Kier alpha value is -3.28. The molecule has 0 fully saturated rings. The Kier molecular flexibility index (Phi) is 5.68. The number of amides is 2. The molecule has 3 rings (SSSR count). The summed E-state index contributed by atoms with van der Waals surface area (Å²) in [5, 5.41) is 0.